The monoisotopic (exact) mass is 538 g/mol. The van der Waals surface area contributed by atoms with Crippen LogP contribution in [0.3, 0.4) is 0 Å². The van der Waals surface area contributed by atoms with Crippen LogP contribution in [-0.2, 0) is 14.0 Å². The topological polar surface area (TPSA) is 35.5 Å². The van der Waals surface area contributed by atoms with Gasteiger partial charge >= 0.3 is 5.97 Å². The lowest BCUT2D eigenvalue weighted by molar-refractivity contribution is -0.144. The maximum atomic E-state index is 12.3. The zero-order chi connectivity index (χ0) is 27.5. The summed E-state index contributed by atoms with van der Waals surface area (Å²) in [5.74, 6) is -0.0980. The molecule has 0 aliphatic heterocycles. The number of ether oxygens (including phenoxy) is 1. The Bertz CT molecular complexity index is 821. The summed E-state index contributed by atoms with van der Waals surface area (Å²) in [7, 11) is -2.57. The number of carbonyl (C=O) groups excluding carboxylic acids is 1. The molecule has 0 amide bonds. The standard InChI is InChI=1S/C34H54O3Si/c1-5-6-7-8-9-10-11-12-13-14-15-16-23-28-33(35)36-29-30-37-38(34(2,3)4,31-24-19-17-20-25-31)32-26-21-18-22-27-32/h17-22,24-27H,5-16,23,28-30H2,1-4H3. The van der Waals surface area contributed by atoms with Crippen LogP contribution in [-0.4, -0.2) is 27.5 Å². The molecule has 3 nitrogen and oxygen atoms in total. The molecule has 0 aliphatic rings. The number of hydrogen-bond acceptors (Lipinski definition) is 3. The van der Waals surface area contributed by atoms with E-state index in [9.17, 15) is 4.79 Å². The van der Waals surface area contributed by atoms with Gasteiger partial charge in [0.2, 0.25) is 0 Å². The Morgan fingerprint density at radius 1 is 0.632 bits per heavy atom. The van der Waals surface area contributed by atoms with Crippen LogP contribution in [0.15, 0.2) is 60.7 Å². The van der Waals surface area contributed by atoms with Gasteiger partial charge in [-0.1, -0.05) is 165 Å². The third kappa shape index (κ3) is 11.1. The summed E-state index contributed by atoms with van der Waals surface area (Å²) in [5.41, 5.74) is 0. The summed E-state index contributed by atoms with van der Waals surface area (Å²) in [4.78, 5) is 12.3. The van der Waals surface area contributed by atoms with Crippen LogP contribution in [0.4, 0.5) is 0 Å². The highest BCUT2D eigenvalue weighted by molar-refractivity contribution is 6.99. The Labute approximate surface area is 234 Å². The largest absolute Gasteiger partial charge is 0.463 e. The van der Waals surface area contributed by atoms with Gasteiger partial charge in [-0.05, 0) is 21.8 Å². The fourth-order valence-electron chi connectivity index (χ4n) is 5.47. The van der Waals surface area contributed by atoms with E-state index in [1.54, 1.807) is 0 Å². The average Bonchev–Trinajstić information content (AvgIpc) is 2.91. The maximum absolute atomic E-state index is 12.3. The highest BCUT2D eigenvalue weighted by Gasteiger charge is 2.50. The van der Waals surface area contributed by atoms with Gasteiger partial charge in [0.25, 0.3) is 8.32 Å². The van der Waals surface area contributed by atoms with Crippen LogP contribution in [0, 0.1) is 0 Å². The first-order chi connectivity index (χ1) is 18.4. The molecule has 2 aromatic rings. The molecule has 2 aromatic carbocycles. The number of hydrogen-bond donors (Lipinski definition) is 0. The molecule has 0 N–H and O–H groups in total. The number of carbonyl (C=O) groups is 1. The minimum absolute atomic E-state index is 0.0751. The van der Waals surface area contributed by atoms with Gasteiger partial charge in [-0.15, -0.1) is 0 Å². The zero-order valence-electron chi connectivity index (χ0n) is 24.8. The molecule has 0 fully saturated rings. The molecule has 0 spiro atoms. The predicted molar refractivity (Wildman–Crippen MR) is 165 cm³/mol. The third-order valence-corrected chi connectivity index (χ3v) is 12.6. The van der Waals surface area contributed by atoms with Gasteiger partial charge in [-0.3, -0.25) is 4.79 Å². The molecule has 212 valence electrons. The van der Waals surface area contributed by atoms with E-state index in [-0.39, 0.29) is 11.0 Å². The van der Waals surface area contributed by atoms with Gasteiger partial charge in [0.1, 0.15) is 6.61 Å². The Morgan fingerprint density at radius 2 is 1.05 bits per heavy atom. The first kappa shape index (κ1) is 32.3. The van der Waals surface area contributed by atoms with Crippen LogP contribution >= 0.6 is 0 Å². The van der Waals surface area contributed by atoms with E-state index in [4.69, 9.17) is 9.16 Å². The van der Waals surface area contributed by atoms with Crippen molar-refractivity contribution in [2.45, 2.75) is 123 Å². The minimum Gasteiger partial charge on any atom is -0.463 e. The van der Waals surface area contributed by atoms with E-state index < -0.39 is 8.32 Å². The van der Waals surface area contributed by atoms with Crippen LogP contribution in [0.1, 0.15) is 118 Å². The average molecular weight is 539 g/mol. The Balaban J connectivity index is 1.67. The van der Waals surface area contributed by atoms with Crippen LogP contribution in [0.25, 0.3) is 0 Å². The molecule has 0 aliphatic carbocycles. The predicted octanol–water partition coefficient (Wildman–Crippen LogP) is 8.59. The SMILES string of the molecule is CCCCCCCCCCCCCCCC(=O)OCCO[Si](c1ccccc1)(c1ccccc1)C(C)(C)C. The molecule has 0 heterocycles. The smallest absolute Gasteiger partial charge is 0.305 e. The van der Waals surface area contributed by atoms with Crippen molar-refractivity contribution >= 4 is 24.7 Å². The van der Waals surface area contributed by atoms with E-state index in [1.807, 2.05) is 0 Å². The summed E-state index contributed by atoms with van der Waals surface area (Å²) in [6, 6.07) is 21.2. The highest BCUT2D eigenvalue weighted by atomic mass is 28.4. The maximum Gasteiger partial charge on any atom is 0.305 e. The Morgan fingerprint density at radius 3 is 1.47 bits per heavy atom. The van der Waals surface area contributed by atoms with Crippen LogP contribution < -0.4 is 10.4 Å². The molecule has 0 atom stereocenters. The number of unbranched alkanes of at least 4 members (excludes halogenated alkanes) is 12. The molecular formula is C34H54O3Si. The van der Waals surface area contributed by atoms with Gasteiger partial charge in [0, 0.05) is 6.42 Å². The van der Waals surface area contributed by atoms with Gasteiger partial charge in [0.05, 0.1) is 6.61 Å². The summed E-state index contributed by atoms with van der Waals surface area (Å²) in [5, 5.41) is 2.42. The first-order valence-corrected chi connectivity index (χ1v) is 17.2. The van der Waals surface area contributed by atoms with Crippen molar-refractivity contribution in [1.82, 2.24) is 0 Å². The molecule has 38 heavy (non-hydrogen) atoms. The van der Waals surface area contributed by atoms with Gasteiger partial charge in [0.15, 0.2) is 0 Å². The molecule has 0 unspecified atom stereocenters. The zero-order valence-corrected chi connectivity index (χ0v) is 25.8. The van der Waals surface area contributed by atoms with Crippen molar-refractivity contribution in [2.24, 2.45) is 0 Å². The van der Waals surface area contributed by atoms with E-state index in [0.717, 1.165) is 12.8 Å². The van der Waals surface area contributed by atoms with E-state index in [2.05, 4.69) is 88.4 Å². The quantitative estimate of drug-likeness (QED) is 0.0962. The van der Waals surface area contributed by atoms with Gasteiger partial charge in [-0.25, -0.2) is 0 Å². The summed E-state index contributed by atoms with van der Waals surface area (Å²) in [6.07, 6.45) is 17.5. The van der Waals surface area contributed by atoms with Crippen LogP contribution in [0.2, 0.25) is 5.04 Å². The normalized spacial score (nSPS) is 12.0. The van der Waals surface area contributed by atoms with Crippen molar-refractivity contribution in [1.29, 1.82) is 0 Å². The van der Waals surface area contributed by atoms with Crippen molar-refractivity contribution in [3.63, 3.8) is 0 Å². The van der Waals surface area contributed by atoms with Crippen molar-refractivity contribution in [2.75, 3.05) is 13.2 Å². The first-order valence-electron chi connectivity index (χ1n) is 15.3. The molecular weight excluding hydrogens is 484 g/mol. The van der Waals surface area contributed by atoms with E-state index in [1.165, 1.54) is 81.0 Å². The second-order valence-corrected chi connectivity index (χ2v) is 16.0. The molecule has 0 radical (unpaired) electrons. The number of esters is 1. The lowest BCUT2D eigenvalue weighted by Crippen LogP contribution is -2.66. The van der Waals surface area contributed by atoms with Gasteiger partial charge < -0.3 is 9.16 Å². The Kier molecular flexibility index (Phi) is 15.6. The molecule has 2 rings (SSSR count). The number of rotatable bonds is 20. The van der Waals surface area contributed by atoms with Gasteiger partial charge in [-0.2, -0.15) is 0 Å². The number of benzene rings is 2. The molecule has 0 aromatic heterocycles. The molecule has 0 bridgehead atoms. The second-order valence-electron chi connectivity index (χ2n) is 11.7. The lowest BCUT2D eigenvalue weighted by Gasteiger charge is -2.43. The minimum atomic E-state index is -2.57. The molecule has 4 heteroatoms. The van der Waals surface area contributed by atoms with E-state index in [0.29, 0.717) is 19.6 Å². The highest BCUT2D eigenvalue weighted by Crippen LogP contribution is 2.36. The second kappa shape index (κ2) is 18.4. The molecule has 0 saturated carbocycles. The summed E-state index contributed by atoms with van der Waals surface area (Å²) < 4.78 is 12.4. The molecule has 0 saturated heterocycles. The van der Waals surface area contributed by atoms with Crippen LogP contribution in [0.5, 0.6) is 0 Å². The van der Waals surface area contributed by atoms with Crippen molar-refractivity contribution < 1.29 is 14.0 Å². The lowest BCUT2D eigenvalue weighted by atomic mass is 10.0. The third-order valence-electron chi connectivity index (χ3n) is 7.57. The van der Waals surface area contributed by atoms with E-state index >= 15 is 0 Å². The summed E-state index contributed by atoms with van der Waals surface area (Å²) >= 11 is 0. The Hall–Kier alpha value is -1.91. The summed E-state index contributed by atoms with van der Waals surface area (Å²) in [6.45, 7) is 9.79. The fraction of sp³-hybridized carbons (Fsp3) is 0.618. The van der Waals surface area contributed by atoms with Crippen molar-refractivity contribution in [3.8, 4) is 0 Å². The van der Waals surface area contributed by atoms with Crippen molar-refractivity contribution in [3.05, 3.63) is 60.7 Å². The fourth-order valence-corrected chi connectivity index (χ4v) is 10.0.